The van der Waals surface area contributed by atoms with Crippen molar-refractivity contribution >= 4 is 0 Å². The van der Waals surface area contributed by atoms with Crippen LogP contribution < -0.4 is 5.73 Å². The van der Waals surface area contributed by atoms with Crippen LogP contribution >= 0.6 is 0 Å². The first-order valence-electron chi connectivity index (χ1n) is 6.92. The highest BCUT2D eigenvalue weighted by atomic mass is 15.1. The van der Waals surface area contributed by atoms with Crippen LogP contribution in [0.25, 0.3) is 0 Å². The summed E-state index contributed by atoms with van der Waals surface area (Å²) in [6.07, 6.45) is 7.96. The van der Waals surface area contributed by atoms with Gasteiger partial charge in [-0.1, -0.05) is 13.8 Å². The van der Waals surface area contributed by atoms with Crippen LogP contribution in [0.3, 0.4) is 0 Å². The second-order valence-electron chi connectivity index (χ2n) is 6.43. The van der Waals surface area contributed by atoms with Gasteiger partial charge < -0.3 is 15.3 Å². The van der Waals surface area contributed by atoms with E-state index >= 15 is 0 Å². The van der Waals surface area contributed by atoms with Crippen LogP contribution in [0.15, 0.2) is 24.7 Å². The number of nitrogens with two attached hydrogens (primary N) is 1. The molecule has 0 saturated carbocycles. The lowest BCUT2D eigenvalue weighted by Gasteiger charge is -2.35. The monoisotopic (exact) mass is 258 g/mol. The van der Waals surface area contributed by atoms with Crippen molar-refractivity contribution in [3.05, 3.63) is 41.7 Å². The van der Waals surface area contributed by atoms with Crippen molar-refractivity contribution in [1.29, 1.82) is 0 Å². The van der Waals surface area contributed by atoms with Crippen LogP contribution in [-0.4, -0.2) is 14.5 Å². The molecule has 4 nitrogen and oxygen atoms in total. The zero-order valence-electron chi connectivity index (χ0n) is 11.9. The van der Waals surface area contributed by atoms with Crippen molar-refractivity contribution in [2.45, 2.75) is 45.7 Å². The normalized spacial score (nSPS) is 23.1. The van der Waals surface area contributed by atoms with E-state index in [1.807, 2.05) is 6.20 Å². The first-order valence-corrected chi connectivity index (χ1v) is 6.92. The molecule has 2 aromatic heterocycles. The predicted molar refractivity (Wildman–Crippen MR) is 75.9 cm³/mol. The molecule has 0 amide bonds. The zero-order chi connectivity index (χ0) is 13.6. The van der Waals surface area contributed by atoms with E-state index < -0.39 is 0 Å². The lowest BCUT2D eigenvalue weighted by molar-refractivity contribution is 0.273. The van der Waals surface area contributed by atoms with Gasteiger partial charge in [0.15, 0.2) is 0 Å². The Bertz CT molecular complexity index is 565. The highest BCUT2D eigenvalue weighted by Crippen LogP contribution is 2.41. The fraction of sp³-hybridized carbons (Fsp3) is 0.533. The van der Waals surface area contributed by atoms with Gasteiger partial charge in [0.25, 0.3) is 0 Å². The molecule has 3 rings (SSSR count). The van der Waals surface area contributed by atoms with Crippen molar-refractivity contribution in [2.75, 3.05) is 0 Å². The molecule has 4 heteroatoms. The Morgan fingerprint density at radius 3 is 3.00 bits per heavy atom. The number of imidazole rings is 1. The summed E-state index contributed by atoms with van der Waals surface area (Å²) in [5, 5.41) is 0. The predicted octanol–water partition coefficient (Wildman–Crippen LogP) is 2.79. The molecule has 0 bridgehead atoms. The van der Waals surface area contributed by atoms with Crippen LogP contribution in [0, 0.1) is 5.41 Å². The lowest BCUT2D eigenvalue weighted by atomic mass is 9.74. The summed E-state index contributed by atoms with van der Waals surface area (Å²) in [6, 6.07) is 2.55. The molecule has 1 aliphatic carbocycles. The quantitative estimate of drug-likeness (QED) is 0.870. The molecule has 19 heavy (non-hydrogen) atoms. The first kappa shape index (κ1) is 12.5. The van der Waals surface area contributed by atoms with Gasteiger partial charge in [0.05, 0.1) is 6.04 Å². The number of aromatic nitrogens is 3. The smallest absolute Gasteiger partial charge is 0.128 e. The lowest BCUT2D eigenvalue weighted by Crippen LogP contribution is -2.31. The fourth-order valence-corrected chi connectivity index (χ4v) is 3.26. The van der Waals surface area contributed by atoms with Crippen molar-refractivity contribution in [1.82, 2.24) is 14.5 Å². The minimum atomic E-state index is 0.156. The molecule has 0 spiro atoms. The standard InChI is InChI=1S/C15H22N4/c1-10(14-17-5-6-18-14)19-7-4-11-12(16)8-15(2,3)9-13(11)19/h4-7,10,12H,8-9,16H2,1-3H3,(H,17,18). The molecule has 1 aliphatic rings. The van der Waals surface area contributed by atoms with E-state index in [9.17, 15) is 0 Å². The molecule has 3 N–H and O–H groups in total. The third kappa shape index (κ3) is 2.10. The van der Waals surface area contributed by atoms with Crippen molar-refractivity contribution in [2.24, 2.45) is 11.1 Å². The minimum absolute atomic E-state index is 0.156. The Balaban J connectivity index is 2.01. The van der Waals surface area contributed by atoms with E-state index in [4.69, 9.17) is 5.73 Å². The van der Waals surface area contributed by atoms with E-state index in [1.165, 1.54) is 11.3 Å². The maximum absolute atomic E-state index is 6.32. The molecule has 102 valence electrons. The number of rotatable bonds is 2. The molecule has 0 saturated heterocycles. The Kier molecular flexibility index (Phi) is 2.78. The summed E-state index contributed by atoms with van der Waals surface area (Å²) in [7, 11) is 0. The molecular weight excluding hydrogens is 236 g/mol. The van der Waals surface area contributed by atoms with Crippen molar-refractivity contribution < 1.29 is 0 Å². The first-order chi connectivity index (χ1) is 8.98. The van der Waals surface area contributed by atoms with Gasteiger partial charge in [0.1, 0.15) is 5.82 Å². The summed E-state index contributed by atoms with van der Waals surface area (Å²) in [6.45, 7) is 6.77. The molecule has 2 aromatic rings. The van der Waals surface area contributed by atoms with Gasteiger partial charge in [-0.3, -0.25) is 0 Å². The summed E-state index contributed by atoms with van der Waals surface area (Å²) >= 11 is 0. The van der Waals surface area contributed by atoms with E-state index in [1.54, 1.807) is 6.20 Å². The van der Waals surface area contributed by atoms with Crippen LogP contribution in [0.2, 0.25) is 0 Å². The number of nitrogens with one attached hydrogen (secondary N) is 1. The molecule has 0 fully saturated rings. The summed E-state index contributed by atoms with van der Waals surface area (Å²) < 4.78 is 2.31. The SMILES string of the molecule is CC(c1ncc[nH]1)n1ccc2c1CC(C)(C)CC2N. The summed E-state index contributed by atoms with van der Waals surface area (Å²) in [4.78, 5) is 7.57. The Hall–Kier alpha value is -1.55. The van der Waals surface area contributed by atoms with Crippen LogP contribution in [0.1, 0.15) is 56.4 Å². The van der Waals surface area contributed by atoms with Crippen LogP contribution in [0.5, 0.6) is 0 Å². The van der Waals surface area contributed by atoms with Gasteiger partial charge in [-0.05, 0) is 36.8 Å². The third-order valence-electron chi connectivity index (χ3n) is 4.21. The largest absolute Gasteiger partial charge is 0.347 e. The number of fused-ring (bicyclic) bond motifs is 1. The maximum atomic E-state index is 6.32. The number of hydrogen-bond acceptors (Lipinski definition) is 2. The second-order valence-corrected chi connectivity index (χ2v) is 6.43. The van der Waals surface area contributed by atoms with Gasteiger partial charge >= 0.3 is 0 Å². The zero-order valence-corrected chi connectivity index (χ0v) is 11.9. The van der Waals surface area contributed by atoms with Gasteiger partial charge in [-0.25, -0.2) is 4.98 Å². The van der Waals surface area contributed by atoms with Gasteiger partial charge in [-0.15, -0.1) is 0 Å². The highest BCUT2D eigenvalue weighted by Gasteiger charge is 2.33. The van der Waals surface area contributed by atoms with Crippen molar-refractivity contribution in [3.63, 3.8) is 0 Å². The average molecular weight is 258 g/mol. The Morgan fingerprint density at radius 1 is 1.53 bits per heavy atom. The van der Waals surface area contributed by atoms with E-state index in [0.717, 1.165) is 18.7 Å². The molecule has 2 unspecified atom stereocenters. The van der Waals surface area contributed by atoms with Gasteiger partial charge in [-0.2, -0.15) is 0 Å². The van der Waals surface area contributed by atoms with Gasteiger partial charge in [0, 0.05) is 30.3 Å². The topological polar surface area (TPSA) is 59.6 Å². The Labute approximate surface area is 114 Å². The molecular formula is C15H22N4. The minimum Gasteiger partial charge on any atom is -0.347 e. The number of hydrogen-bond donors (Lipinski definition) is 2. The van der Waals surface area contributed by atoms with E-state index in [-0.39, 0.29) is 17.5 Å². The number of nitrogens with zero attached hydrogens (tertiary/aromatic N) is 2. The molecule has 2 heterocycles. The third-order valence-corrected chi connectivity index (χ3v) is 4.21. The number of aromatic amines is 1. The van der Waals surface area contributed by atoms with Gasteiger partial charge in [0.2, 0.25) is 0 Å². The molecule has 0 aromatic carbocycles. The van der Waals surface area contributed by atoms with E-state index in [2.05, 4.69) is 47.6 Å². The Morgan fingerprint density at radius 2 is 2.32 bits per heavy atom. The highest BCUT2D eigenvalue weighted by molar-refractivity contribution is 5.31. The fourth-order valence-electron chi connectivity index (χ4n) is 3.26. The molecule has 2 atom stereocenters. The number of H-pyrrole nitrogens is 1. The van der Waals surface area contributed by atoms with Crippen molar-refractivity contribution in [3.8, 4) is 0 Å². The maximum Gasteiger partial charge on any atom is 0.128 e. The molecule has 0 aliphatic heterocycles. The van der Waals surface area contributed by atoms with E-state index in [0.29, 0.717) is 0 Å². The second kappa shape index (κ2) is 4.23. The average Bonchev–Trinajstić information content (AvgIpc) is 2.94. The molecule has 0 radical (unpaired) electrons. The summed E-state index contributed by atoms with van der Waals surface area (Å²) in [5.74, 6) is 0.996. The summed E-state index contributed by atoms with van der Waals surface area (Å²) in [5.41, 5.74) is 9.26. The van der Waals surface area contributed by atoms with Crippen LogP contribution in [-0.2, 0) is 6.42 Å². The van der Waals surface area contributed by atoms with Crippen LogP contribution in [0.4, 0.5) is 0 Å².